The Hall–Kier alpha value is -1.17. The van der Waals surface area contributed by atoms with Crippen molar-refractivity contribution in [3.8, 4) is 0 Å². The van der Waals surface area contributed by atoms with Crippen molar-refractivity contribution in [3.05, 3.63) is 48.6 Å². The predicted molar refractivity (Wildman–Crippen MR) is 77.1 cm³/mol. The average molecular weight is 283 g/mol. The molecule has 1 N–H and O–H groups in total. The summed E-state index contributed by atoms with van der Waals surface area (Å²) in [4.78, 5) is 0. The maximum atomic E-state index is 11.7. The van der Waals surface area contributed by atoms with Crippen LogP contribution < -0.4 is 0 Å². The first-order valence-corrected chi connectivity index (χ1v) is 8.06. The van der Waals surface area contributed by atoms with Gasteiger partial charge in [-0.1, -0.05) is 36.4 Å². The standard InChI is InChI=1S/C14H21NO3S/c1-3-4-10-14(16)12-15(19(2,17)18)11-13-8-6-5-7-9-13/h3,5-9,14,16H,1,4,10-12H2,2H3. The first-order chi connectivity index (χ1) is 8.93. The largest absolute Gasteiger partial charge is 0.392 e. The number of benzene rings is 1. The summed E-state index contributed by atoms with van der Waals surface area (Å²) in [5, 5.41) is 9.84. The van der Waals surface area contributed by atoms with E-state index in [0.717, 1.165) is 11.8 Å². The zero-order valence-electron chi connectivity index (χ0n) is 11.2. The van der Waals surface area contributed by atoms with Crippen LogP contribution in [0.25, 0.3) is 0 Å². The van der Waals surface area contributed by atoms with E-state index in [0.29, 0.717) is 12.8 Å². The number of allylic oxidation sites excluding steroid dienone is 1. The predicted octanol–water partition coefficient (Wildman–Crippen LogP) is 1.78. The average Bonchev–Trinajstić information content (AvgIpc) is 2.36. The normalized spacial score (nSPS) is 13.4. The van der Waals surface area contributed by atoms with Gasteiger partial charge in [0, 0.05) is 13.1 Å². The van der Waals surface area contributed by atoms with E-state index >= 15 is 0 Å². The molecule has 0 aromatic heterocycles. The Morgan fingerprint density at radius 3 is 2.53 bits per heavy atom. The Morgan fingerprint density at radius 1 is 1.37 bits per heavy atom. The first kappa shape index (κ1) is 15.9. The molecule has 5 heteroatoms. The second kappa shape index (κ2) is 7.43. The third kappa shape index (κ3) is 6.00. The molecule has 0 saturated carbocycles. The van der Waals surface area contributed by atoms with Gasteiger partial charge in [0.15, 0.2) is 0 Å². The Labute approximate surface area is 115 Å². The van der Waals surface area contributed by atoms with Crippen molar-refractivity contribution < 1.29 is 13.5 Å². The molecule has 0 heterocycles. The number of rotatable bonds is 8. The molecule has 1 aromatic carbocycles. The summed E-state index contributed by atoms with van der Waals surface area (Å²) < 4.78 is 24.8. The minimum Gasteiger partial charge on any atom is -0.392 e. The van der Waals surface area contributed by atoms with Gasteiger partial charge in [0.2, 0.25) is 10.0 Å². The third-order valence-corrected chi connectivity index (χ3v) is 4.01. The Morgan fingerprint density at radius 2 is 2.00 bits per heavy atom. The summed E-state index contributed by atoms with van der Waals surface area (Å²) in [6.07, 6.45) is 3.40. The molecule has 0 aliphatic rings. The Bertz CT molecular complexity index is 485. The number of hydrogen-bond donors (Lipinski definition) is 1. The van der Waals surface area contributed by atoms with E-state index in [9.17, 15) is 13.5 Å². The zero-order chi connectivity index (χ0) is 14.3. The fourth-order valence-corrected chi connectivity index (χ4v) is 2.57. The Kier molecular flexibility index (Phi) is 6.21. The molecule has 0 bridgehead atoms. The highest BCUT2D eigenvalue weighted by Crippen LogP contribution is 2.11. The molecular formula is C14H21NO3S. The van der Waals surface area contributed by atoms with Crippen LogP contribution in [0.5, 0.6) is 0 Å². The van der Waals surface area contributed by atoms with Gasteiger partial charge < -0.3 is 5.11 Å². The van der Waals surface area contributed by atoms with Crippen molar-refractivity contribution in [2.24, 2.45) is 0 Å². The fraction of sp³-hybridized carbons (Fsp3) is 0.429. The van der Waals surface area contributed by atoms with Crippen LogP contribution in [0.1, 0.15) is 18.4 Å². The minimum absolute atomic E-state index is 0.113. The van der Waals surface area contributed by atoms with Crippen molar-refractivity contribution in [3.63, 3.8) is 0 Å². The molecule has 0 radical (unpaired) electrons. The molecule has 0 saturated heterocycles. The lowest BCUT2D eigenvalue weighted by Gasteiger charge is -2.22. The van der Waals surface area contributed by atoms with Crippen molar-refractivity contribution in [1.82, 2.24) is 4.31 Å². The van der Waals surface area contributed by atoms with Crippen molar-refractivity contribution >= 4 is 10.0 Å². The molecule has 0 fully saturated rings. The molecule has 106 valence electrons. The molecule has 1 atom stereocenters. The van der Waals surface area contributed by atoms with Crippen LogP contribution >= 0.6 is 0 Å². The van der Waals surface area contributed by atoms with Gasteiger partial charge in [0.25, 0.3) is 0 Å². The summed E-state index contributed by atoms with van der Waals surface area (Å²) in [5.41, 5.74) is 0.906. The van der Waals surface area contributed by atoms with Gasteiger partial charge in [-0.25, -0.2) is 8.42 Å². The van der Waals surface area contributed by atoms with Gasteiger partial charge in [0.05, 0.1) is 12.4 Å². The second-order valence-electron chi connectivity index (χ2n) is 4.56. The van der Waals surface area contributed by atoms with Crippen molar-refractivity contribution in [2.75, 3.05) is 12.8 Å². The highest BCUT2D eigenvalue weighted by atomic mass is 32.2. The van der Waals surface area contributed by atoms with Crippen LogP contribution in [0.4, 0.5) is 0 Å². The smallest absolute Gasteiger partial charge is 0.211 e. The third-order valence-electron chi connectivity index (χ3n) is 2.79. The molecule has 1 aromatic rings. The maximum absolute atomic E-state index is 11.7. The van der Waals surface area contributed by atoms with Crippen LogP contribution in [-0.2, 0) is 16.6 Å². The van der Waals surface area contributed by atoms with Crippen LogP contribution in [0.2, 0.25) is 0 Å². The quantitative estimate of drug-likeness (QED) is 0.740. The molecule has 19 heavy (non-hydrogen) atoms. The van der Waals surface area contributed by atoms with Gasteiger partial charge in [-0.15, -0.1) is 6.58 Å². The number of sulfonamides is 1. The summed E-state index contributed by atoms with van der Waals surface area (Å²) in [6, 6.07) is 9.35. The van der Waals surface area contributed by atoms with Gasteiger partial charge >= 0.3 is 0 Å². The van der Waals surface area contributed by atoms with E-state index in [-0.39, 0.29) is 13.1 Å². The van der Waals surface area contributed by atoms with Crippen molar-refractivity contribution in [2.45, 2.75) is 25.5 Å². The van der Waals surface area contributed by atoms with Gasteiger partial charge in [-0.3, -0.25) is 0 Å². The first-order valence-electron chi connectivity index (χ1n) is 6.21. The van der Waals surface area contributed by atoms with E-state index in [2.05, 4.69) is 6.58 Å². The van der Waals surface area contributed by atoms with Gasteiger partial charge in [-0.05, 0) is 18.4 Å². The highest BCUT2D eigenvalue weighted by Gasteiger charge is 2.20. The summed E-state index contributed by atoms with van der Waals surface area (Å²) in [6.45, 7) is 3.98. The van der Waals surface area contributed by atoms with Crippen LogP contribution in [0, 0.1) is 0 Å². The number of hydrogen-bond acceptors (Lipinski definition) is 3. The summed E-state index contributed by atoms with van der Waals surface area (Å²) in [5.74, 6) is 0. The molecule has 4 nitrogen and oxygen atoms in total. The topological polar surface area (TPSA) is 57.6 Å². The summed E-state index contributed by atoms with van der Waals surface area (Å²) in [7, 11) is -3.34. The molecule has 1 unspecified atom stereocenters. The van der Waals surface area contributed by atoms with E-state index in [1.165, 1.54) is 4.31 Å². The summed E-state index contributed by atoms with van der Waals surface area (Å²) >= 11 is 0. The lowest BCUT2D eigenvalue weighted by molar-refractivity contribution is 0.136. The van der Waals surface area contributed by atoms with E-state index in [1.54, 1.807) is 6.08 Å². The fourth-order valence-electron chi connectivity index (χ4n) is 1.74. The lowest BCUT2D eigenvalue weighted by Crippen LogP contribution is -2.36. The maximum Gasteiger partial charge on any atom is 0.211 e. The molecule has 0 aliphatic carbocycles. The minimum atomic E-state index is -3.34. The SMILES string of the molecule is C=CCCC(O)CN(Cc1ccccc1)S(C)(=O)=O. The monoisotopic (exact) mass is 283 g/mol. The lowest BCUT2D eigenvalue weighted by atomic mass is 10.2. The molecular weight excluding hydrogens is 262 g/mol. The molecule has 0 amide bonds. The van der Waals surface area contributed by atoms with E-state index in [4.69, 9.17) is 0 Å². The van der Waals surface area contributed by atoms with Crippen LogP contribution in [0.3, 0.4) is 0 Å². The molecule has 0 spiro atoms. The van der Waals surface area contributed by atoms with E-state index < -0.39 is 16.1 Å². The molecule has 0 aliphatic heterocycles. The van der Waals surface area contributed by atoms with Gasteiger partial charge in [-0.2, -0.15) is 4.31 Å². The van der Waals surface area contributed by atoms with E-state index in [1.807, 2.05) is 30.3 Å². The highest BCUT2D eigenvalue weighted by molar-refractivity contribution is 7.88. The zero-order valence-corrected chi connectivity index (χ0v) is 12.0. The number of aliphatic hydroxyl groups excluding tert-OH is 1. The Balaban J connectivity index is 2.71. The molecule has 1 rings (SSSR count). The number of aliphatic hydroxyl groups is 1. The van der Waals surface area contributed by atoms with Crippen LogP contribution in [-0.4, -0.2) is 36.7 Å². The van der Waals surface area contributed by atoms with Crippen molar-refractivity contribution in [1.29, 1.82) is 0 Å². The van der Waals surface area contributed by atoms with Crippen LogP contribution in [0.15, 0.2) is 43.0 Å². The second-order valence-corrected chi connectivity index (χ2v) is 6.54. The van der Waals surface area contributed by atoms with Gasteiger partial charge in [0.1, 0.15) is 0 Å². The number of nitrogens with zero attached hydrogens (tertiary/aromatic N) is 1.